The lowest BCUT2D eigenvalue weighted by atomic mass is 10.0. The number of amides is 4. The van der Waals surface area contributed by atoms with Gasteiger partial charge in [0.25, 0.3) is 0 Å². The van der Waals surface area contributed by atoms with Gasteiger partial charge in [-0.3, -0.25) is 24.5 Å². The summed E-state index contributed by atoms with van der Waals surface area (Å²) in [4.78, 5) is 49.6. The molecule has 0 bridgehead atoms. The molecule has 0 unspecified atom stereocenters. The fourth-order valence-electron chi connectivity index (χ4n) is 6.30. The molecule has 3 N–H and O–H groups in total. The molecule has 4 amide bonds. The topological polar surface area (TPSA) is 141 Å². The molecule has 4 aromatic rings. The minimum atomic E-state index is -4.50. The number of aryl methyl sites for hydroxylation is 1. The number of benzene rings is 2. The zero-order valence-electron chi connectivity index (χ0n) is 25.6. The Morgan fingerprint density at radius 1 is 1.04 bits per heavy atom. The molecule has 3 aliphatic heterocycles. The van der Waals surface area contributed by atoms with Crippen molar-refractivity contribution in [2.45, 2.75) is 37.9 Å². The molecular formula is C31H30ClF3N10O3. The third kappa shape index (κ3) is 6.26. The van der Waals surface area contributed by atoms with Crippen molar-refractivity contribution in [2.24, 2.45) is 7.05 Å². The highest BCUT2D eigenvalue weighted by Gasteiger charge is 2.38. The third-order valence-electron chi connectivity index (χ3n) is 8.63. The van der Waals surface area contributed by atoms with Gasteiger partial charge in [-0.05, 0) is 54.8 Å². The lowest BCUT2D eigenvalue weighted by molar-refractivity contribution is -0.131. The Kier molecular flexibility index (Phi) is 7.97. The zero-order chi connectivity index (χ0) is 33.7. The van der Waals surface area contributed by atoms with Crippen LogP contribution in [0.25, 0.3) is 10.9 Å². The van der Waals surface area contributed by atoms with Crippen LogP contribution in [0.5, 0.6) is 0 Å². The number of alkyl halides is 3. The highest BCUT2D eigenvalue weighted by Crippen LogP contribution is 2.35. The quantitative estimate of drug-likeness (QED) is 0.252. The Labute approximate surface area is 277 Å². The van der Waals surface area contributed by atoms with Crippen LogP contribution in [0.15, 0.2) is 42.6 Å². The molecule has 17 heteroatoms. The van der Waals surface area contributed by atoms with Gasteiger partial charge in [0.2, 0.25) is 17.8 Å². The summed E-state index contributed by atoms with van der Waals surface area (Å²) in [5.74, 6) is 0.436. The minimum absolute atomic E-state index is 0.121. The van der Waals surface area contributed by atoms with E-state index in [1.807, 2.05) is 25.2 Å². The molecular weight excluding hydrogens is 653 g/mol. The number of nitrogens with zero attached hydrogens (tertiary/aromatic N) is 7. The summed E-state index contributed by atoms with van der Waals surface area (Å²) < 4.78 is 40.6. The summed E-state index contributed by atoms with van der Waals surface area (Å²) >= 11 is 6.40. The summed E-state index contributed by atoms with van der Waals surface area (Å²) in [6, 6.07) is 10.3. The number of urea groups is 1. The van der Waals surface area contributed by atoms with Crippen molar-refractivity contribution in [2.75, 3.05) is 51.5 Å². The number of anilines is 6. The Balaban J connectivity index is 0.988. The number of carbonyl (C=O) groups excluding carboxylic acids is 3. The largest absolute Gasteiger partial charge is 0.406 e. The SMILES string of the molecule is Cn1nc(N2CCC(=O)NC2=O)c2ccc(NC3CCN(c4ncc(Cl)c(Nc5ccc6c(c5)CC(=O)N6CC(F)(F)F)n4)CC3)cc21. The van der Waals surface area contributed by atoms with Gasteiger partial charge >= 0.3 is 12.2 Å². The van der Waals surface area contributed by atoms with Crippen molar-refractivity contribution in [1.82, 2.24) is 25.1 Å². The summed E-state index contributed by atoms with van der Waals surface area (Å²) in [6.45, 7) is 0.295. The molecule has 2 fully saturated rings. The second-order valence-electron chi connectivity index (χ2n) is 11.9. The van der Waals surface area contributed by atoms with Gasteiger partial charge in [0, 0.05) is 61.6 Å². The second-order valence-corrected chi connectivity index (χ2v) is 12.4. The van der Waals surface area contributed by atoms with Crippen molar-refractivity contribution in [3.05, 3.63) is 53.2 Å². The maximum absolute atomic E-state index is 13.0. The molecule has 13 nitrogen and oxygen atoms in total. The molecule has 2 saturated heterocycles. The molecule has 0 saturated carbocycles. The van der Waals surface area contributed by atoms with E-state index in [4.69, 9.17) is 11.6 Å². The third-order valence-corrected chi connectivity index (χ3v) is 8.91. The Bertz CT molecular complexity index is 1940. The van der Waals surface area contributed by atoms with Crippen molar-refractivity contribution in [1.29, 1.82) is 0 Å². The average Bonchev–Trinajstić information content (AvgIpc) is 3.52. The van der Waals surface area contributed by atoms with Crippen LogP contribution in [0.4, 0.5) is 52.6 Å². The van der Waals surface area contributed by atoms with Crippen molar-refractivity contribution in [3.8, 4) is 0 Å². The minimum Gasteiger partial charge on any atom is -0.382 e. The highest BCUT2D eigenvalue weighted by molar-refractivity contribution is 6.33. The molecule has 3 aliphatic rings. The summed E-state index contributed by atoms with van der Waals surface area (Å²) in [7, 11) is 1.81. The van der Waals surface area contributed by atoms with Gasteiger partial charge in [0.05, 0.1) is 18.1 Å². The van der Waals surface area contributed by atoms with E-state index in [-0.39, 0.29) is 42.0 Å². The van der Waals surface area contributed by atoms with E-state index < -0.39 is 24.7 Å². The van der Waals surface area contributed by atoms with Gasteiger partial charge in [-0.25, -0.2) is 9.78 Å². The van der Waals surface area contributed by atoms with E-state index in [2.05, 4.69) is 35.9 Å². The van der Waals surface area contributed by atoms with Crippen LogP contribution in [0.1, 0.15) is 24.8 Å². The molecule has 48 heavy (non-hydrogen) atoms. The summed E-state index contributed by atoms with van der Waals surface area (Å²) in [6.07, 6.45) is -1.29. The summed E-state index contributed by atoms with van der Waals surface area (Å²) in [5, 5.41) is 14.7. The summed E-state index contributed by atoms with van der Waals surface area (Å²) in [5.41, 5.74) is 3.03. The van der Waals surface area contributed by atoms with Gasteiger partial charge in [-0.2, -0.15) is 23.3 Å². The lowest BCUT2D eigenvalue weighted by Crippen LogP contribution is -2.49. The molecule has 0 atom stereocenters. The van der Waals surface area contributed by atoms with Crippen molar-refractivity contribution >= 4 is 75.0 Å². The van der Waals surface area contributed by atoms with E-state index >= 15 is 0 Å². The number of halogens is 4. The maximum Gasteiger partial charge on any atom is 0.406 e. The monoisotopic (exact) mass is 682 g/mol. The van der Waals surface area contributed by atoms with Crippen LogP contribution in [0, 0.1) is 0 Å². The van der Waals surface area contributed by atoms with Crippen LogP contribution in [0.2, 0.25) is 5.02 Å². The first kappa shape index (κ1) is 31.5. The van der Waals surface area contributed by atoms with Crippen LogP contribution in [0.3, 0.4) is 0 Å². The van der Waals surface area contributed by atoms with Gasteiger partial charge in [0.15, 0.2) is 11.6 Å². The second kappa shape index (κ2) is 12.2. The predicted molar refractivity (Wildman–Crippen MR) is 174 cm³/mol. The highest BCUT2D eigenvalue weighted by atomic mass is 35.5. The fraction of sp³-hybridized carbons (Fsp3) is 0.355. The van der Waals surface area contributed by atoms with Gasteiger partial charge in [0.1, 0.15) is 11.6 Å². The molecule has 2 aromatic heterocycles. The van der Waals surface area contributed by atoms with E-state index in [0.29, 0.717) is 41.9 Å². The normalized spacial score (nSPS) is 17.3. The van der Waals surface area contributed by atoms with E-state index in [1.54, 1.807) is 16.8 Å². The van der Waals surface area contributed by atoms with Gasteiger partial charge in [-0.1, -0.05) is 11.6 Å². The number of hydrogen-bond acceptors (Lipinski definition) is 9. The number of piperidine rings is 1. The smallest absolute Gasteiger partial charge is 0.382 e. The lowest BCUT2D eigenvalue weighted by Gasteiger charge is -2.33. The number of rotatable bonds is 7. The first-order valence-corrected chi connectivity index (χ1v) is 15.7. The number of aromatic nitrogens is 4. The Morgan fingerprint density at radius 2 is 1.81 bits per heavy atom. The standard InChI is InChI=1S/C31H30ClF3N10O3/c1-42-24-14-20(2-4-21(24)28(41-42)44-11-8-25(46)39-30(44)48)37-18-6-9-43(10-7-18)29-36-15-22(32)27(40-29)38-19-3-5-23-17(12-19)13-26(47)45(23)16-31(33,34)35/h2-5,12,14-15,18,37H,6-11,13,16H2,1H3,(H,36,38,40)(H,39,46,48). The Morgan fingerprint density at radius 3 is 2.56 bits per heavy atom. The predicted octanol–water partition coefficient (Wildman–Crippen LogP) is 4.74. The molecule has 2 aromatic carbocycles. The van der Waals surface area contributed by atoms with Crippen molar-refractivity contribution < 1.29 is 27.6 Å². The molecule has 0 aliphatic carbocycles. The molecule has 0 radical (unpaired) electrons. The van der Waals surface area contributed by atoms with Crippen LogP contribution >= 0.6 is 11.6 Å². The molecule has 5 heterocycles. The van der Waals surface area contributed by atoms with E-state index in [0.717, 1.165) is 34.3 Å². The fourth-order valence-corrected chi connectivity index (χ4v) is 6.44. The van der Waals surface area contributed by atoms with E-state index in [1.165, 1.54) is 17.2 Å². The van der Waals surface area contributed by atoms with Crippen LogP contribution < -0.4 is 30.7 Å². The van der Waals surface area contributed by atoms with Crippen LogP contribution in [-0.2, 0) is 23.1 Å². The number of imide groups is 1. The molecule has 250 valence electrons. The maximum atomic E-state index is 13.0. The number of fused-ring (bicyclic) bond motifs is 2. The Hall–Kier alpha value is -5.12. The molecule has 7 rings (SSSR count). The number of hydrogen-bond donors (Lipinski definition) is 3. The first-order chi connectivity index (χ1) is 22.9. The zero-order valence-corrected chi connectivity index (χ0v) is 26.4. The first-order valence-electron chi connectivity index (χ1n) is 15.3. The van der Waals surface area contributed by atoms with Gasteiger partial charge in [-0.15, -0.1) is 0 Å². The van der Waals surface area contributed by atoms with E-state index in [9.17, 15) is 27.6 Å². The van der Waals surface area contributed by atoms with Gasteiger partial charge < -0.3 is 20.4 Å². The number of nitrogens with one attached hydrogen (secondary N) is 3. The van der Waals surface area contributed by atoms with Crippen LogP contribution in [-0.4, -0.2) is 76.0 Å². The van der Waals surface area contributed by atoms with Crippen molar-refractivity contribution in [3.63, 3.8) is 0 Å². The average molecular weight is 683 g/mol. The number of carbonyl (C=O) groups is 3. The molecule has 0 spiro atoms.